The summed E-state index contributed by atoms with van der Waals surface area (Å²) in [6.45, 7) is 5.35. The summed E-state index contributed by atoms with van der Waals surface area (Å²) in [5.74, 6) is -1.09. The van der Waals surface area contributed by atoms with E-state index < -0.39 is 17.9 Å². The maximum Gasteiger partial charge on any atom is 0.326 e. The fourth-order valence-electron chi connectivity index (χ4n) is 1.61. The SMILES string of the molecule is CSCC(C)C(=O)NCC(=O)N[C@@H](CC(C)C)C(=O)O. The van der Waals surface area contributed by atoms with Crippen molar-refractivity contribution in [1.29, 1.82) is 0 Å². The van der Waals surface area contributed by atoms with Crippen LogP contribution in [0.4, 0.5) is 0 Å². The molecule has 0 rings (SSSR count). The van der Waals surface area contributed by atoms with Crippen molar-refractivity contribution in [2.24, 2.45) is 11.8 Å². The van der Waals surface area contributed by atoms with Crippen LogP contribution < -0.4 is 10.6 Å². The second kappa shape index (κ2) is 9.63. The second-order valence-corrected chi connectivity index (χ2v) is 6.07. The maximum absolute atomic E-state index is 11.6. The molecule has 20 heavy (non-hydrogen) atoms. The Kier molecular flexibility index (Phi) is 9.03. The average molecular weight is 304 g/mol. The van der Waals surface area contributed by atoms with Crippen molar-refractivity contribution >= 4 is 29.5 Å². The number of carboxylic acid groups (broad SMARTS) is 1. The van der Waals surface area contributed by atoms with Crippen LogP contribution in [-0.2, 0) is 14.4 Å². The van der Waals surface area contributed by atoms with Crippen LogP contribution in [0.1, 0.15) is 27.2 Å². The molecule has 0 fully saturated rings. The minimum atomic E-state index is -1.06. The van der Waals surface area contributed by atoms with E-state index in [2.05, 4.69) is 10.6 Å². The quantitative estimate of drug-likeness (QED) is 0.583. The monoisotopic (exact) mass is 304 g/mol. The molecular weight excluding hydrogens is 280 g/mol. The van der Waals surface area contributed by atoms with Gasteiger partial charge in [-0.1, -0.05) is 20.8 Å². The van der Waals surface area contributed by atoms with E-state index in [1.807, 2.05) is 20.1 Å². The fourth-order valence-corrected chi connectivity index (χ4v) is 2.26. The summed E-state index contributed by atoms with van der Waals surface area (Å²) >= 11 is 1.55. The second-order valence-electron chi connectivity index (χ2n) is 5.16. The number of hydrogen-bond acceptors (Lipinski definition) is 4. The van der Waals surface area contributed by atoms with Gasteiger partial charge in [0.25, 0.3) is 0 Å². The molecule has 0 saturated heterocycles. The number of carbonyl (C=O) groups is 3. The Hall–Kier alpha value is -1.24. The maximum atomic E-state index is 11.6. The van der Waals surface area contributed by atoms with Gasteiger partial charge in [0.2, 0.25) is 11.8 Å². The number of amides is 2. The molecule has 0 radical (unpaired) electrons. The topological polar surface area (TPSA) is 95.5 Å². The predicted octanol–water partition coefficient (Wildman–Crippen LogP) is 0.717. The van der Waals surface area contributed by atoms with Gasteiger partial charge in [0, 0.05) is 11.7 Å². The van der Waals surface area contributed by atoms with E-state index in [4.69, 9.17) is 5.11 Å². The lowest BCUT2D eigenvalue weighted by Gasteiger charge is -2.17. The Morgan fingerprint density at radius 3 is 2.25 bits per heavy atom. The molecule has 6 nitrogen and oxygen atoms in total. The van der Waals surface area contributed by atoms with E-state index >= 15 is 0 Å². The first-order valence-electron chi connectivity index (χ1n) is 6.56. The Labute approximate surface area is 124 Å². The van der Waals surface area contributed by atoms with Crippen molar-refractivity contribution in [1.82, 2.24) is 10.6 Å². The molecular formula is C13H24N2O4S. The summed E-state index contributed by atoms with van der Waals surface area (Å²) in [6, 6.07) is -0.914. The molecule has 2 amide bonds. The zero-order valence-corrected chi connectivity index (χ0v) is 13.3. The van der Waals surface area contributed by atoms with Crippen LogP contribution in [0.3, 0.4) is 0 Å². The third-order valence-corrected chi connectivity index (χ3v) is 3.46. The summed E-state index contributed by atoms with van der Waals surface area (Å²) in [4.78, 5) is 34.2. The van der Waals surface area contributed by atoms with Gasteiger partial charge in [0.1, 0.15) is 6.04 Å². The normalized spacial score (nSPS) is 13.7. The highest BCUT2D eigenvalue weighted by Gasteiger charge is 2.21. The zero-order chi connectivity index (χ0) is 15.7. The van der Waals surface area contributed by atoms with E-state index in [1.54, 1.807) is 18.7 Å². The highest BCUT2D eigenvalue weighted by atomic mass is 32.2. The molecule has 0 saturated carbocycles. The van der Waals surface area contributed by atoms with Crippen molar-refractivity contribution < 1.29 is 19.5 Å². The fraction of sp³-hybridized carbons (Fsp3) is 0.769. The van der Waals surface area contributed by atoms with Gasteiger partial charge in [-0.3, -0.25) is 9.59 Å². The molecule has 0 aromatic heterocycles. The van der Waals surface area contributed by atoms with E-state index in [-0.39, 0.29) is 24.3 Å². The van der Waals surface area contributed by atoms with Gasteiger partial charge in [-0.2, -0.15) is 11.8 Å². The molecule has 0 aliphatic heterocycles. The van der Waals surface area contributed by atoms with Gasteiger partial charge >= 0.3 is 5.97 Å². The lowest BCUT2D eigenvalue weighted by atomic mass is 10.0. The van der Waals surface area contributed by atoms with Crippen LogP contribution in [0, 0.1) is 11.8 Å². The predicted molar refractivity (Wildman–Crippen MR) is 79.6 cm³/mol. The standard InChI is InChI=1S/C13H24N2O4S/c1-8(2)5-10(13(18)19)15-11(16)6-14-12(17)9(3)7-20-4/h8-10H,5-7H2,1-4H3,(H,14,17)(H,15,16)(H,18,19)/t9?,10-/m0/s1. The van der Waals surface area contributed by atoms with Crippen LogP contribution >= 0.6 is 11.8 Å². The number of aliphatic carboxylic acids is 1. The van der Waals surface area contributed by atoms with E-state index in [0.29, 0.717) is 12.2 Å². The lowest BCUT2D eigenvalue weighted by molar-refractivity contribution is -0.142. The highest BCUT2D eigenvalue weighted by molar-refractivity contribution is 7.98. The van der Waals surface area contributed by atoms with Crippen LogP contribution in [0.5, 0.6) is 0 Å². The number of hydrogen-bond donors (Lipinski definition) is 3. The molecule has 0 aromatic carbocycles. The van der Waals surface area contributed by atoms with Crippen molar-refractivity contribution in [2.75, 3.05) is 18.6 Å². The number of carboxylic acids is 1. The summed E-state index contributed by atoms with van der Waals surface area (Å²) in [5, 5.41) is 13.9. The number of thioether (sulfide) groups is 1. The number of nitrogens with one attached hydrogen (secondary N) is 2. The average Bonchev–Trinajstić information content (AvgIpc) is 2.34. The minimum absolute atomic E-state index is 0.160. The highest BCUT2D eigenvalue weighted by Crippen LogP contribution is 2.05. The Morgan fingerprint density at radius 1 is 1.20 bits per heavy atom. The Morgan fingerprint density at radius 2 is 1.80 bits per heavy atom. The molecule has 7 heteroatoms. The first-order valence-corrected chi connectivity index (χ1v) is 7.96. The van der Waals surface area contributed by atoms with Crippen LogP contribution in [0.2, 0.25) is 0 Å². The molecule has 116 valence electrons. The van der Waals surface area contributed by atoms with Gasteiger partial charge in [0.15, 0.2) is 0 Å². The molecule has 3 N–H and O–H groups in total. The molecule has 0 heterocycles. The molecule has 0 bridgehead atoms. The van der Waals surface area contributed by atoms with E-state index in [1.165, 1.54) is 0 Å². The van der Waals surface area contributed by atoms with E-state index in [9.17, 15) is 14.4 Å². The largest absolute Gasteiger partial charge is 0.480 e. The first-order chi connectivity index (χ1) is 9.27. The molecule has 0 aliphatic rings. The van der Waals surface area contributed by atoms with Gasteiger partial charge < -0.3 is 15.7 Å². The van der Waals surface area contributed by atoms with Crippen molar-refractivity contribution in [3.8, 4) is 0 Å². The summed E-state index contributed by atoms with van der Waals surface area (Å²) in [6.07, 6.45) is 2.26. The van der Waals surface area contributed by atoms with Gasteiger partial charge in [-0.05, 0) is 18.6 Å². The van der Waals surface area contributed by atoms with Gasteiger partial charge in [0.05, 0.1) is 6.54 Å². The van der Waals surface area contributed by atoms with Crippen molar-refractivity contribution in [3.63, 3.8) is 0 Å². The molecule has 1 unspecified atom stereocenters. The van der Waals surface area contributed by atoms with Crippen molar-refractivity contribution in [2.45, 2.75) is 33.2 Å². The number of rotatable bonds is 9. The molecule has 0 aliphatic carbocycles. The molecule has 2 atom stereocenters. The van der Waals surface area contributed by atoms with Gasteiger partial charge in [-0.15, -0.1) is 0 Å². The Balaban J connectivity index is 4.20. The van der Waals surface area contributed by atoms with E-state index in [0.717, 1.165) is 0 Å². The zero-order valence-electron chi connectivity index (χ0n) is 12.4. The summed E-state index contributed by atoms with van der Waals surface area (Å²) in [7, 11) is 0. The van der Waals surface area contributed by atoms with Crippen LogP contribution in [-0.4, -0.2) is 47.5 Å². The minimum Gasteiger partial charge on any atom is -0.480 e. The third-order valence-electron chi connectivity index (χ3n) is 2.63. The first kappa shape index (κ1) is 18.8. The number of carbonyl (C=O) groups excluding carboxylic acids is 2. The lowest BCUT2D eigenvalue weighted by Crippen LogP contribution is -2.46. The smallest absolute Gasteiger partial charge is 0.326 e. The Bertz CT molecular complexity index is 347. The molecule has 0 spiro atoms. The third kappa shape index (κ3) is 8.04. The summed E-state index contributed by atoms with van der Waals surface area (Å²) in [5.41, 5.74) is 0. The summed E-state index contributed by atoms with van der Waals surface area (Å²) < 4.78 is 0. The van der Waals surface area contributed by atoms with Crippen molar-refractivity contribution in [3.05, 3.63) is 0 Å². The van der Waals surface area contributed by atoms with Crippen LogP contribution in [0.15, 0.2) is 0 Å². The van der Waals surface area contributed by atoms with Crippen LogP contribution in [0.25, 0.3) is 0 Å². The van der Waals surface area contributed by atoms with Gasteiger partial charge in [-0.25, -0.2) is 4.79 Å². The molecule has 0 aromatic rings.